The van der Waals surface area contributed by atoms with Crippen molar-refractivity contribution in [2.24, 2.45) is 0 Å². The zero-order valence-corrected chi connectivity index (χ0v) is 13.5. The van der Waals surface area contributed by atoms with Crippen LogP contribution in [0.25, 0.3) is 0 Å². The van der Waals surface area contributed by atoms with Crippen molar-refractivity contribution in [3.63, 3.8) is 0 Å². The van der Waals surface area contributed by atoms with Crippen LogP contribution in [0.15, 0.2) is 24.3 Å². The summed E-state index contributed by atoms with van der Waals surface area (Å²) in [4.78, 5) is 25.8. The van der Waals surface area contributed by atoms with Crippen molar-refractivity contribution in [2.45, 2.75) is 52.0 Å². The molecule has 0 N–H and O–H groups in total. The Balaban J connectivity index is 1.89. The number of piperidine rings is 1. The third-order valence-electron chi connectivity index (χ3n) is 4.28. The Hall–Kier alpha value is -1.84. The van der Waals surface area contributed by atoms with Gasteiger partial charge in [-0.1, -0.05) is 13.8 Å². The second kappa shape index (κ2) is 7.97. The van der Waals surface area contributed by atoms with E-state index in [-0.39, 0.29) is 18.3 Å². The molecule has 4 nitrogen and oxygen atoms in total. The highest BCUT2D eigenvalue weighted by molar-refractivity contribution is 5.95. The van der Waals surface area contributed by atoms with Gasteiger partial charge in [0.1, 0.15) is 5.75 Å². The Morgan fingerprint density at radius 2 is 1.91 bits per heavy atom. The first-order chi connectivity index (χ1) is 10.7. The Morgan fingerprint density at radius 1 is 1.18 bits per heavy atom. The molecule has 0 aliphatic carbocycles. The first-order valence-corrected chi connectivity index (χ1v) is 8.21. The lowest BCUT2D eigenvalue weighted by Gasteiger charge is -2.35. The minimum absolute atomic E-state index is 0.0558. The average molecular weight is 303 g/mol. The van der Waals surface area contributed by atoms with Gasteiger partial charge in [0.2, 0.25) is 0 Å². The van der Waals surface area contributed by atoms with E-state index in [1.54, 1.807) is 24.3 Å². The Labute approximate surface area is 132 Å². The summed E-state index contributed by atoms with van der Waals surface area (Å²) in [6, 6.07) is 7.37. The third-order valence-corrected chi connectivity index (χ3v) is 4.28. The average Bonchev–Trinajstić information content (AvgIpc) is 2.59. The summed E-state index contributed by atoms with van der Waals surface area (Å²) in [5.41, 5.74) is 0.684. The fraction of sp³-hybridized carbons (Fsp3) is 0.556. The van der Waals surface area contributed by atoms with Crippen LogP contribution >= 0.6 is 0 Å². The molecule has 1 aromatic carbocycles. The van der Waals surface area contributed by atoms with E-state index in [0.29, 0.717) is 23.8 Å². The zero-order valence-electron chi connectivity index (χ0n) is 13.5. The minimum Gasteiger partial charge on any atom is -0.484 e. The summed E-state index contributed by atoms with van der Waals surface area (Å²) in [6.45, 7) is 4.87. The van der Waals surface area contributed by atoms with E-state index in [4.69, 9.17) is 4.74 Å². The smallest absolute Gasteiger partial charge is 0.260 e. The van der Waals surface area contributed by atoms with E-state index in [0.717, 1.165) is 25.8 Å². The molecule has 1 unspecified atom stereocenters. The van der Waals surface area contributed by atoms with Crippen LogP contribution in [0.1, 0.15) is 56.3 Å². The monoisotopic (exact) mass is 303 g/mol. The maximum absolute atomic E-state index is 12.3. The molecule has 1 amide bonds. The van der Waals surface area contributed by atoms with Crippen LogP contribution in [-0.2, 0) is 4.79 Å². The maximum atomic E-state index is 12.3. The Bertz CT molecular complexity index is 510. The Kier molecular flexibility index (Phi) is 5.99. The van der Waals surface area contributed by atoms with Crippen molar-refractivity contribution >= 4 is 11.7 Å². The summed E-state index contributed by atoms with van der Waals surface area (Å²) >= 11 is 0. The number of ketones is 1. The van der Waals surface area contributed by atoms with E-state index in [2.05, 4.69) is 6.92 Å². The predicted octanol–water partition coefficient (Wildman–Crippen LogP) is 3.45. The van der Waals surface area contributed by atoms with E-state index < -0.39 is 0 Å². The van der Waals surface area contributed by atoms with Gasteiger partial charge in [-0.3, -0.25) is 9.59 Å². The number of likely N-dealkylation sites (tertiary alicyclic amines) is 1. The molecule has 1 aromatic rings. The van der Waals surface area contributed by atoms with Crippen molar-refractivity contribution < 1.29 is 14.3 Å². The number of carbonyl (C=O) groups excluding carboxylic acids is 2. The Morgan fingerprint density at radius 3 is 2.55 bits per heavy atom. The van der Waals surface area contributed by atoms with E-state index >= 15 is 0 Å². The van der Waals surface area contributed by atoms with Gasteiger partial charge in [-0.05, 0) is 49.9 Å². The minimum atomic E-state index is 0.0558. The number of amides is 1. The highest BCUT2D eigenvalue weighted by Crippen LogP contribution is 2.20. The van der Waals surface area contributed by atoms with Crippen molar-refractivity contribution in [1.82, 2.24) is 4.90 Å². The number of nitrogens with zero attached hydrogens (tertiary/aromatic N) is 1. The number of carbonyl (C=O) groups is 2. The fourth-order valence-corrected chi connectivity index (χ4v) is 2.92. The van der Waals surface area contributed by atoms with Crippen LogP contribution < -0.4 is 4.74 Å². The molecule has 1 heterocycles. The second-order valence-electron chi connectivity index (χ2n) is 5.73. The number of Topliss-reactive ketones (excluding diaryl/α,β-unsaturated/α-hetero) is 1. The lowest BCUT2D eigenvalue weighted by Crippen LogP contribution is -2.45. The molecule has 0 aromatic heterocycles. The molecule has 0 saturated carbocycles. The van der Waals surface area contributed by atoms with Gasteiger partial charge in [-0.2, -0.15) is 0 Å². The summed E-state index contributed by atoms with van der Waals surface area (Å²) in [7, 11) is 0. The highest BCUT2D eigenvalue weighted by atomic mass is 16.5. The van der Waals surface area contributed by atoms with Gasteiger partial charge in [0.25, 0.3) is 5.91 Å². The largest absolute Gasteiger partial charge is 0.484 e. The molecule has 0 bridgehead atoms. The SMILES string of the molecule is CCC(=O)c1ccc(OCC(=O)N2CCCCC2CC)cc1. The first-order valence-electron chi connectivity index (χ1n) is 8.21. The van der Waals surface area contributed by atoms with Crippen LogP contribution in [-0.4, -0.2) is 35.8 Å². The molecule has 0 spiro atoms. The number of hydrogen-bond acceptors (Lipinski definition) is 3. The van der Waals surface area contributed by atoms with Crippen LogP contribution in [0.2, 0.25) is 0 Å². The zero-order chi connectivity index (χ0) is 15.9. The van der Waals surface area contributed by atoms with Crippen LogP contribution in [0, 0.1) is 0 Å². The predicted molar refractivity (Wildman–Crippen MR) is 86.2 cm³/mol. The number of ether oxygens (including phenoxy) is 1. The summed E-state index contributed by atoms with van der Waals surface area (Å²) in [5.74, 6) is 0.799. The van der Waals surface area contributed by atoms with E-state index in [9.17, 15) is 9.59 Å². The van der Waals surface area contributed by atoms with Gasteiger partial charge < -0.3 is 9.64 Å². The normalized spacial score (nSPS) is 18.1. The van der Waals surface area contributed by atoms with Crippen LogP contribution in [0.3, 0.4) is 0 Å². The van der Waals surface area contributed by atoms with Gasteiger partial charge in [0.05, 0.1) is 0 Å². The molecular formula is C18H25NO3. The summed E-state index contributed by atoms with van der Waals surface area (Å²) in [6.07, 6.45) is 4.87. The van der Waals surface area contributed by atoms with Gasteiger partial charge in [0.15, 0.2) is 12.4 Å². The first kappa shape index (κ1) is 16.5. The molecule has 1 saturated heterocycles. The van der Waals surface area contributed by atoms with Gasteiger partial charge in [-0.15, -0.1) is 0 Å². The molecule has 0 radical (unpaired) electrons. The lowest BCUT2D eigenvalue weighted by molar-refractivity contribution is -0.137. The fourth-order valence-electron chi connectivity index (χ4n) is 2.92. The van der Waals surface area contributed by atoms with Gasteiger partial charge >= 0.3 is 0 Å². The molecule has 1 aliphatic rings. The second-order valence-corrected chi connectivity index (χ2v) is 5.73. The van der Waals surface area contributed by atoms with Crippen LogP contribution in [0.5, 0.6) is 5.75 Å². The van der Waals surface area contributed by atoms with Crippen LogP contribution in [0.4, 0.5) is 0 Å². The highest BCUT2D eigenvalue weighted by Gasteiger charge is 2.25. The van der Waals surface area contributed by atoms with Gasteiger partial charge in [0, 0.05) is 24.6 Å². The topological polar surface area (TPSA) is 46.6 Å². The third kappa shape index (κ3) is 4.09. The molecule has 2 rings (SSSR count). The molecular weight excluding hydrogens is 278 g/mol. The van der Waals surface area contributed by atoms with Crippen molar-refractivity contribution in [1.29, 1.82) is 0 Å². The molecule has 4 heteroatoms. The van der Waals surface area contributed by atoms with Crippen molar-refractivity contribution in [3.8, 4) is 5.75 Å². The number of rotatable bonds is 6. The summed E-state index contributed by atoms with van der Waals surface area (Å²) < 4.78 is 5.58. The number of benzene rings is 1. The number of hydrogen-bond donors (Lipinski definition) is 0. The van der Waals surface area contributed by atoms with Gasteiger partial charge in [-0.25, -0.2) is 0 Å². The van der Waals surface area contributed by atoms with E-state index in [1.165, 1.54) is 6.42 Å². The molecule has 1 atom stereocenters. The summed E-state index contributed by atoms with van der Waals surface area (Å²) in [5, 5.41) is 0. The van der Waals surface area contributed by atoms with Crippen molar-refractivity contribution in [3.05, 3.63) is 29.8 Å². The lowest BCUT2D eigenvalue weighted by atomic mass is 10.00. The van der Waals surface area contributed by atoms with Crippen molar-refractivity contribution in [2.75, 3.05) is 13.2 Å². The standard InChI is InChI=1S/C18H25NO3/c1-3-15-7-5-6-12-19(15)18(21)13-22-16-10-8-14(9-11-16)17(20)4-2/h8-11,15H,3-7,12-13H2,1-2H3. The maximum Gasteiger partial charge on any atom is 0.260 e. The molecule has 1 aliphatic heterocycles. The quantitative estimate of drug-likeness (QED) is 0.756. The molecule has 120 valence electrons. The van der Waals surface area contributed by atoms with E-state index in [1.807, 2.05) is 11.8 Å². The molecule has 1 fully saturated rings. The molecule has 22 heavy (non-hydrogen) atoms.